The lowest BCUT2D eigenvalue weighted by molar-refractivity contribution is -0.146. The van der Waals surface area contributed by atoms with Crippen LogP contribution in [0, 0.1) is 0 Å². The number of oxime groups is 1. The second-order valence-corrected chi connectivity index (χ2v) is 5.72. The van der Waals surface area contributed by atoms with Crippen LogP contribution in [0.2, 0.25) is 0 Å². The molecule has 7 nitrogen and oxygen atoms in total. The molecule has 2 aromatic carbocycles. The summed E-state index contributed by atoms with van der Waals surface area (Å²) < 4.78 is 4.79. The van der Waals surface area contributed by atoms with E-state index in [1.54, 1.807) is 24.3 Å². The fraction of sp³-hybridized carbons (Fsp3) is 0.211. The molecular formula is C19H18N2O5. The minimum absolute atomic E-state index is 0.0685. The number of carbonyl (C=O) groups is 2. The van der Waals surface area contributed by atoms with Gasteiger partial charge in [0.05, 0.1) is 13.7 Å². The van der Waals surface area contributed by atoms with Crippen LogP contribution in [-0.2, 0) is 21.0 Å². The Morgan fingerprint density at radius 2 is 1.85 bits per heavy atom. The van der Waals surface area contributed by atoms with Gasteiger partial charge in [0.1, 0.15) is 12.3 Å². The van der Waals surface area contributed by atoms with Gasteiger partial charge in [-0.2, -0.15) is 0 Å². The molecule has 0 saturated carbocycles. The number of fused-ring (bicyclic) bond motifs is 1. The first-order valence-corrected chi connectivity index (χ1v) is 8.01. The molecule has 1 amide bonds. The maximum absolute atomic E-state index is 12.2. The topological polar surface area (TPSA) is 88.4 Å². The third-order valence-corrected chi connectivity index (χ3v) is 4.12. The van der Waals surface area contributed by atoms with Gasteiger partial charge in [-0.1, -0.05) is 59.8 Å². The van der Waals surface area contributed by atoms with Crippen LogP contribution in [0.1, 0.15) is 22.7 Å². The van der Waals surface area contributed by atoms with Crippen LogP contribution >= 0.6 is 0 Å². The SMILES string of the molecule is COC(=O)C1c2ccccc2C(=NOCc2ccccc2)CN1C(=O)O. The molecule has 2 aromatic rings. The first-order valence-electron chi connectivity index (χ1n) is 8.01. The van der Waals surface area contributed by atoms with E-state index < -0.39 is 18.1 Å². The average Bonchev–Trinajstić information content (AvgIpc) is 2.67. The van der Waals surface area contributed by atoms with Crippen molar-refractivity contribution in [2.45, 2.75) is 12.6 Å². The summed E-state index contributed by atoms with van der Waals surface area (Å²) in [6.07, 6.45) is -1.23. The highest BCUT2D eigenvalue weighted by Crippen LogP contribution is 2.31. The molecule has 7 heteroatoms. The van der Waals surface area contributed by atoms with Crippen molar-refractivity contribution in [3.63, 3.8) is 0 Å². The van der Waals surface area contributed by atoms with Gasteiger partial charge in [-0.3, -0.25) is 4.90 Å². The third-order valence-electron chi connectivity index (χ3n) is 4.12. The summed E-state index contributed by atoms with van der Waals surface area (Å²) in [7, 11) is 1.23. The summed E-state index contributed by atoms with van der Waals surface area (Å²) >= 11 is 0. The van der Waals surface area contributed by atoms with Gasteiger partial charge in [0.15, 0.2) is 6.04 Å². The van der Waals surface area contributed by atoms with E-state index >= 15 is 0 Å². The summed E-state index contributed by atoms with van der Waals surface area (Å²) in [6, 6.07) is 15.5. The molecule has 0 aromatic heterocycles. The van der Waals surface area contributed by atoms with Gasteiger partial charge in [-0.15, -0.1) is 0 Å². The predicted octanol–water partition coefficient (Wildman–Crippen LogP) is 2.82. The Bertz CT molecular complexity index is 835. The number of nitrogens with zero attached hydrogens (tertiary/aromatic N) is 2. The molecule has 0 saturated heterocycles. The normalized spacial score (nSPS) is 17.5. The van der Waals surface area contributed by atoms with E-state index in [1.165, 1.54) is 7.11 Å². The number of amides is 1. The van der Waals surface area contributed by atoms with Crippen molar-refractivity contribution in [3.05, 3.63) is 71.3 Å². The molecule has 0 spiro atoms. The molecule has 1 atom stereocenters. The van der Waals surface area contributed by atoms with Crippen molar-refractivity contribution >= 4 is 17.8 Å². The molecular weight excluding hydrogens is 336 g/mol. The van der Waals surface area contributed by atoms with E-state index in [0.29, 0.717) is 16.8 Å². The van der Waals surface area contributed by atoms with E-state index in [1.807, 2.05) is 30.3 Å². The molecule has 134 valence electrons. The Labute approximate surface area is 150 Å². The van der Waals surface area contributed by atoms with Crippen molar-refractivity contribution in [2.75, 3.05) is 13.7 Å². The van der Waals surface area contributed by atoms with E-state index in [4.69, 9.17) is 9.57 Å². The minimum atomic E-state index is -1.23. The van der Waals surface area contributed by atoms with Crippen LogP contribution in [0.3, 0.4) is 0 Å². The average molecular weight is 354 g/mol. The number of carbonyl (C=O) groups excluding carboxylic acids is 1. The number of carboxylic acid groups (broad SMARTS) is 1. The molecule has 1 N–H and O–H groups in total. The molecule has 26 heavy (non-hydrogen) atoms. The zero-order chi connectivity index (χ0) is 18.5. The van der Waals surface area contributed by atoms with Crippen LogP contribution in [0.15, 0.2) is 59.8 Å². The highest BCUT2D eigenvalue weighted by Gasteiger charge is 2.39. The van der Waals surface area contributed by atoms with Gasteiger partial charge in [0.25, 0.3) is 0 Å². The van der Waals surface area contributed by atoms with Gasteiger partial charge < -0.3 is 14.7 Å². The Morgan fingerprint density at radius 1 is 1.15 bits per heavy atom. The molecule has 0 fully saturated rings. The fourth-order valence-corrected chi connectivity index (χ4v) is 2.88. The van der Waals surface area contributed by atoms with E-state index in [9.17, 15) is 14.7 Å². The van der Waals surface area contributed by atoms with Gasteiger partial charge in [0, 0.05) is 5.56 Å². The first-order chi connectivity index (χ1) is 12.6. The highest BCUT2D eigenvalue weighted by atomic mass is 16.6. The van der Waals surface area contributed by atoms with Crippen molar-refractivity contribution in [3.8, 4) is 0 Å². The Kier molecular flexibility index (Phi) is 5.17. The Morgan fingerprint density at radius 3 is 2.54 bits per heavy atom. The molecule has 0 radical (unpaired) electrons. The fourth-order valence-electron chi connectivity index (χ4n) is 2.88. The number of ether oxygens (including phenoxy) is 1. The smallest absolute Gasteiger partial charge is 0.408 e. The zero-order valence-corrected chi connectivity index (χ0v) is 14.2. The van der Waals surface area contributed by atoms with Crippen LogP contribution in [0.5, 0.6) is 0 Å². The summed E-state index contributed by atoms with van der Waals surface area (Å²) in [4.78, 5) is 30.2. The predicted molar refractivity (Wildman–Crippen MR) is 93.7 cm³/mol. The van der Waals surface area contributed by atoms with Crippen molar-refractivity contribution in [1.29, 1.82) is 0 Å². The second kappa shape index (κ2) is 7.69. The van der Waals surface area contributed by atoms with Crippen LogP contribution in [-0.4, -0.2) is 41.4 Å². The number of esters is 1. The number of rotatable bonds is 4. The number of hydrogen-bond acceptors (Lipinski definition) is 5. The Hall–Kier alpha value is -3.35. The Balaban J connectivity index is 1.92. The van der Waals surface area contributed by atoms with Crippen molar-refractivity contribution in [2.24, 2.45) is 5.16 Å². The molecule has 1 unspecified atom stereocenters. The van der Waals surface area contributed by atoms with Gasteiger partial charge >= 0.3 is 12.1 Å². The van der Waals surface area contributed by atoms with E-state index in [2.05, 4.69) is 5.16 Å². The van der Waals surface area contributed by atoms with E-state index in [-0.39, 0.29) is 13.2 Å². The quantitative estimate of drug-likeness (QED) is 0.674. The lowest BCUT2D eigenvalue weighted by Crippen LogP contribution is -2.46. The first kappa shape index (κ1) is 17.5. The molecule has 0 aliphatic carbocycles. The maximum Gasteiger partial charge on any atom is 0.408 e. The minimum Gasteiger partial charge on any atom is -0.467 e. The highest BCUT2D eigenvalue weighted by molar-refractivity contribution is 6.07. The number of benzene rings is 2. The van der Waals surface area contributed by atoms with Crippen molar-refractivity contribution < 1.29 is 24.3 Å². The molecule has 1 aliphatic rings. The van der Waals surface area contributed by atoms with E-state index in [0.717, 1.165) is 10.5 Å². The summed E-state index contributed by atoms with van der Waals surface area (Å²) in [5, 5.41) is 13.7. The van der Waals surface area contributed by atoms with Crippen LogP contribution in [0.25, 0.3) is 0 Å². The summed E-state index contributed by atoms with van der Waals surface area (Å²) in [5.74, 6) is -0.635. The van der Waals surface area contributed by atoms with Gasteiger partial charge in [-0.25, -0.2) is 9.59 Å². The largest absolute Gasteiger partial charge is 0.467 e. The maximum atomic E-state index is 12.2. The van der Waals surface area contributed by atoms with Crippen LogP contribution < -0.4 is 0 Å². The van der Waals surface area contributed by atoms with Crippen molar-refractivity contribution in [1.82, 2.24) is 4.90 Å². The number of methoxy groups -OCH3 is 1. The second-order valence-electron chi connectivity index (χ2n) is 5.72. The molecule has 1 aliphatic heterocycles. The lowest BCUT2D eigenvalue weighted by Gasteiger charge is -2.33. The number of hydrogen-bond donors (Lipinski definition) is 1. The standard InChI is InChI=1S/C19H18N2O5/c1-25-18(22)17-15-10-6-5-9-14(15)16(11-21(17)19(23)24)20-26-12-13-7-3-2-4-8-13/h2-10,17H,11-12H2,1H3,(H,23,24). The molecule has 3 rings (SSSR count). The zero-order valence-electron chi connectivity index (χ0n) is 14.2. The van der Waals surface area contributed by atoms with Gasteiger partial charge in [-0.05, 0) is 11.1 Å². The third kappa shape index (κ3) is 3.51. The summed E-state index contributed by atoms with van der Waals surface area (Å²) in [6.45, 7) is 0.195. The molecule has 0 bridgehead atoms. The monoisotopic (exact) mass is 354 g/mol. The van der Waals surface area contributed by atoms with Gasteiger partial charge in [0.2, 0.25) is 0 Å². The lowest BCUT2D eigenvalue weighted by atomic mass is 9.91. The van der Waals surface area contributed by atoms with Crippen LogP contribution in [0.4, 0.5) is 4.79 Å². The molecule has 1 heterocycles. The summed E-state index contributed by atoms with van der Waals surface area (Å²) in [5.41, 5.74) is 2.59.